The molecule has 11 nitrogen and oxygen atoms in total. The van der Waals surface area contributed by atoms with Gasteiger partial charge >= 0.3 is 0 Å². The van der Waals surface area contributed by atoms with Crippen molar-refractivity contribution >= 4 is 34.1 Å². The molecule has 0 spiro atoms. The maximum absolute atomic E-state index is 13.4. The van der Waals surface area contributed by atoms with Gasteiger partial charge in [0.15, 0.2) is 17.3 Å². The van der Waals surface area contributed by atoms with Crippen molar-refractivity contribution in [1.29, 1.82) is 0 Å². The number of hydrogen-bond donors (Lipinski definition) is 4. The smallest absolute Gasteiger partial charge is 0.230 e. The van der Waals surface area contributed by atoms with Crippen molar-refractivity contribution in [2.75, 3.05) is 44.0 Å². The number of amides is 1. The molecule has 0 radical (unpaired) electrons. The summed E-state index contributed by atoms with van der Waals surface area (Å²) in [6.07, 6.45) is 3.57. The molecule has 5 rings (SSSR count). The summed E-state index contributed by atoms with van der Waals surface area (Å²) in [7, 11) is 1.58. The molecule has 204 valence electrons. The molecular weight excluding hydrogens is 505 g/mol. The minimum Gasteiger partial charge on any atom is -0.493 e. The number of carbonyl (C=O) groups is 1. The van der Waals surface area contributed by atoms with Crippen LogP contribution in [0.2, 0.25) is 0 Å². The van der Waals surface area contributed by atoms with Crippen molar-refractivity contribution in [2.45, 2.75) is 25.3 Å². The van der Waals surface area contributed by atoms with Crippen LogP contribution in [0.25, 0.3) is 10.9 Å². The molecule has 1 amide bonds. The topological polar surface area (TPSA) is 138 Å². The minimum absolute atomic E-state index is 0.0287. The summed E-state index contributed by atoms with van der Waals surface area (Å²) in [4.78, 5) is 23.4. The molecule has 0 bridgehead atoms. The number of benzene rings is 2. The van der Waals surface area contributed by atoms with Crippen LogP contribution >= 0.6 is 0 Å². The summed E-state index contributed by atoms with van der Waals surface area (Å²) >= 11 is 0. The minimum atomic E-state index is -0.424. The predicted molar refractivity (Wildman–Crippen MR) is 144 cm³/mol. The van der Waals surface area contributed by atoms with E-state index in [1.807, 2.05) is 12.1 Å². The van der Waals surface area contributed by atoms with E-state index in [-0.39, 0.29) is 25.0 Å². The highest BCUT2D eigenvalue weighted by Crippen LogP contribution is 2.35. The van der Waals surface area contributed by atoms with Crippen molar-refractivity contribution in [3.63, 3.8) is 0 Å². The Morgan fingerprint density at radius 3 is 2.95 bits per heavy atom. The van der Waals surface area contributed by atoms with Crippen LogP contribution in [-0.2, 0) is 11.2 Å². The van der Waals surface area contributed by atoms with Gasteiger partial charge in [-0.2, -0.15) is 5.10 Å². The summed E-state index contributed by atoms with van der Waals surface area (Å²) in [5, 5.41) is 22.9. The van der Waals surface area contributed by atoms with Crippen LogP contribution in [0.5, 0.6) is 11.5 Å². The van der Waals surface area contributed by atoms with E-state index in [1.165, 1.54) is 24.5 Å². The van der Waals surface area contributed by atoms with Crippen molar-refractivity contribution in [3.05, 3.63) is 60.3 Å². The second kappa shape index (κ2) is 12.0. The highest BCUT2D eigenvalue weighted by molar-refractivity contribution is 5.93. The lowest BCUT2D eigenvalue weighted by Gasteiger charge is -2.24. The maximum Gasteiger partial charge on any atom is 0.230 e. The number of nitrogens with zero attached hydrogens (tertiary/aromatic N) is 4. The number of hydrogen-bond acceptors (Lipinski definition) is 9. The molecular formula is C27H30FN7O4. The number of carbonyl (C=O) groups excluding carboxylic acids is 1. The molecule has 3 heterocycles. The summed E-state index contributed by atoms with van der Waals surface area (Å²) in [6.45, 7) is 2.21. The average Bonchev–Trinajstić information content (AvgIpc) is 3.56. The third kappa shape index (κ3) is 6.41. The Morgan fingerprint density at radius 1 is 1.23 bits per heavy atom. The van der Waals surface area contributed by atoms with E-state index in [2.05, 4.69) is 35.7 Å². The lowest BCUT2D eigenvalue weighted by Crippen LogP contribution is -2.36. The number of H-pyrrole nitrogens is 1. The zero-order valence-corrected chi connectivity index (χ0v) is 21.5. The van der Waals surface area contributed by atoms with Crippen LogP contribution in [0.1, 0.15) is 18.5 Å². The predicted octanol–water partition coefficient (Wildman–Crippen LogP) is 3.26. The van der Waals surface area contributed by atoms with Crippen molar-refractivity contribution in [2.24, 2.45) is 0 Å². The van der Waals surface area contributed by atoms with Gasteiger partial charge in [-0.15, -0.1) is 0 Å². The molecule has 4 N–H and O–H groups in total. The Balaban J connectivity index is 1.27. The molecule has 1 aliphatic rings. The number of halogens is 1. The van der Waals surface area contributed by atoms with Gasteiger partial charge in [0.2, 0.25) is 5.91 Å². The lowest BCUT2D eigenvalue weighted by atomic mass is 10.2. The van der Waals surface area contributed by atoms with Gasteiger partial charge in [-0.3, -0.25) is 14.8 Å². The Labute approximate surface area is 224 Å². The highest BCUT2D eigenvalue weighted by atomic mass is 19.1. The molecule has 1 fully saturated rings. The van der Waals surface area contributed by atoms with Gasteiger partial charge in [0, 0.05) is 41.5 Å². The quantitative estimate of drug-likeness (QED) is 0.228. The summed E-state index contributed by atoms with van der Waals surface area (Å²) < 4.78 is 25.1. The number of nitrogens with one attached hydrogen (secondary N) is 3. The second-order valence-corrected chi connectivity index (χ2v) is 9.25. The number of anilines is 3. The summed E-state index contributed by atoms with van der Waals surface area (Å²) in [6, 6.07) is 11.3. The fraction of sp³-hybridized carbons (Fsp3) is 0.333. The first-order valence-corrected chi connectivity index (χ1v) is 12.7. The van der Waals surface area contributed by atoms with Crippen LogP contribution in [0.3, 0.4) is 0 Å². The molecule has 2 aromatic heterocycles. The number of methoxy groups -OCH3 is 1. The van der Waals surface area contributed by atoms with E-state index in [4.69, 9.17) is 9.47 Å². The van der Waals surface area contributed by atoms with Gasteiger partial charge in [0.25, 0.3) is 0 Å². The number of likely N-dealkylation sites (tertiary alicyclic amines) is 1. The largest absolute Gasteiger partial charge is 0.493 e. The van der Waals surface area contributed by atoms with Gasteiger partial charge in [0.1, 0.15) is 24.6 Å². The molecule has 12 heteroatoms. The fourth-order valence-electron chi connectivity index (χ4n) is 4.71. The average molecular weight is 536 g/mol. The van der Waals surface area contributed by atoms with E-state index in [9.17, 15) is 14.3 Å². The van der Waals surface area contributed by atoms with Gasteiger partial charge in [-0.05, 0) is 43.7 Å². The van der Waals surface area contributed by atoms with Crippen molar-refractivity contribution < 1.29 is 23.8 Å². The standard InChI is InChI=1S/C27H30FN7O4/c1-38-23-13-21-22(14-24(23)39-15-20-6-3-7-35(20)8-9-36)29-16-30-27(21)32-25-11-19(33-34-25)12-26(37)31-18-5-2-4-17(28)10-18/h2,4-5,10-11,13-14,16,20,36H,3,6-9,12,15H2,1H3,(H,31,37)(H2,29,30,32,33,34)/t20-/m1/s1. The Kier molecular flexibility index (Phi) is 8.13. The summed E-state index contributed by atoms with van der Waals surface area (Å²) in [5.74, 6) is 1.37. The number of aliphatic hydroxyl groups excluding tert-OH is 1. The van der Waals surface area contributed by atoms with E-state index < -0.39 is 5.82 Å². The number of fused-ring (bicyclic) bond motifs is 1. The third-order valence-electron chi connectivity index (χ3n) is 6.58. The van der Waals surface area contributed by atoms with E-state index >= 15 is 0 Å². The monoisotopic (exact) mass is 535 g/mol. The SMILES string of the molecule is COc1cc2c(Nc3cc(CC(=O)Nc4cccc(F)c4)[nH]n3)ncnc2cc1OC[C@H]1CCCN1CCO. The Morgan fingerprint density at radius 2 is 2.13 bits per heavy atom. The molecule has 1 atom stereocenters. The van der Waals surface area contributed by atoms with Gasteiger partial charge in [-0.25, -0.2) is 14.4 Å². The second-order valence-electron chi connectivity index (χ2n) is 9.25. The molecule has 0 aliphatic carbocycles. The van der Waals surface area contributed by atoms with Crippen LogP contribution in [-0.4, -0.2) is 75.5 Å². The first-order chi connectivity index (χ1) is 19.0. The Bertz CT molecular complexity index is 1450. The van der Waals surface area contributed by atoms with E-state index in [0.29, 0.717) is 58.6 Å². The molecule has 1 saturated heterocycles. The fourth-order valence-corrected chi connectivity index (χ4v) is 4.71. The molecule has 4 aromatic rings. The van der Waals surface area contributed by atoms with Crippen molar-refractivity contribution in [3.8, 4) is 11.5 Å². The molecule has 0 saturated carbocycles. The van der Waals surface area contributed by atoms with Crippen LogP contribution in [0.4, 0.5) is 21.7 Å². The molecule has 1 aliphatic heterocycles. The number of rotatable bonds is 11. The number of aromatic amines is 1. The number of aliphatic hydroxyl groups is 1. The van der Waals surface area contributed by atoms with E-state index in [1.54, 1.807) is 19.2 Å². The van der Waals surface area contributed by atoms with Gasteiger partial charge in [-0.1, -0.05) is 6.07 Å². The normalized spacial score (nSPS) is 15.4. The lowest BCUT2D eigenvalue weighted by molar-refractivity contribution is -0.115. The number of β-amino-alcohol motifs (C(OH)–C–C–N with tert-alkyl or cyclic N) is 1. The first-order valence-electron chi connectivity index (χ1n) is 12.7. The molecule has 0 unspecified atom stereocenters. The van der Waals surface area contributed by atoms with Crippen LogP contribution in [0, 0.1) is 5.82 Å². The van der Waals surface area contributed by atoms with E-state index in [0.717, 1.165) is 19.4 Å². The van der Waals surface area contributed by atoms with Crippen molar-refractivity contribution in [1.82, 2.24) is 25.1 Å². The maximum atomic E-state index is 13.4. The van der Waals surface area contributed by atoms with Gasteiger partial charge < -0.3 is 25.2 Å². The van der Waals surface area contributed by atoms with Crippen LogP contribution < -0.4 is 20.1 Å². The highest BCUT2D eigenvalue weighted by Gasteiger charge is 2.25. The van der Waals surface area contributed by atoms with Crippen LogP contribution in [0.15, 0.2) is 48.8 Å². The number of aromatic nitrogens is 4. The molecule has 2 aromatic carbocycles. The molecule has 39 heavy (non-hydrogen) atoms. The Hall–Kier alpha value is -4.29. The van der Waals surface area contributed by atoms with Gasteiger partial charge in [0.05, 0.1) is 25.7 Å². The first kappa shape index (κ1) is 26.3. The summed E-state index contributed by atoms with van der Waals surface area (Å²) in [5.41, 5.74) is 1.61. The number of ether oxygens (including phenoxy) is 2. The third-order valence-corrected chi connectivity index (χ3v) is 6.58. The zero-order chi connectivity index (χ0) is 27.2. The zero-order valence-electron chi connectivity index (χ0n) is 21.5.